The van der Waals surface area contributed by atoms with Crippen molar-refractivity contribution >= 4 is 32.5 Å². The Bertz CT molecular complexity index is 402. The second-order valence-electron chi connectivity index (χ2n) is 3.19. The van der Waals surface area contributed by atoms with E-state index in [0.29, 0.717) is 16.2 Å². The van der Waals surface area contributed by atoms with Gasteiger partial charge in [-0.2, -0.15) is 0 Å². The number of alkyl halides is 1. The Kier molecular flexibility index (Phi) is 4.67. The lowest BCUT2D eigenvalue weighted by molar-refractivity contribution is 0.102. The number of halogens is 1. The summed E-state index contributed by atoms with van der Waals surface area (Å²) in [6.07, 6.45) is 0. The van der Waals surface area contributed by atoms with Crippen molar-refractivity contribution in [2.24, 2.45) is 0 Å². The maximum absolute atomic E-state index is 11.8. The molecule has 0 saturated heterocycles. The van der Waals surface area contributed by atoms with E-state index in [1.165, 1.54) is 0 Å². The van der Waals surface area contributed by atoms with Crippen LogP contribution in [0.25, 0.3) is 0 Å². The number of ketones is 1. The minimum Gasteiger partial charge on any atom is -0.293 e. The van der Waals surface area contributed by atoms with E-state index in [9.17, 15) is 9.00 Å². The summed E-state index contributed by atoms with van der Waals surface area (Å²) in [5, 5.41) is 0.268. The van der Waals surface area contributed by atoms with Gasteiger partial charge in [0, 0.05) is 16.2 Å². The average molecular weight is 289 g/mol. The second-order valence-corrected chi connectivity index (χ2v) is 5.46. The first kappa shape index (κ1) is 12.6. The summed E-state index contributed by atoms with van der Waals surface area (Å²) in [5.74, 6) is 0.512. The number of Topliss-reactive ketones (excluding diaryl/α,β-unsaturated/α-hetero) is 1. The van der Waals surface area contributed by atoms with Crippen LogP contribution in [0.1, 0.15) is 22.8 Å². The van der Waals surface area contributed by atoms with Crippen LogP contribution in [0.4, 0.5) is 0 Å². The van der Waals surface area contributed by atoms with Crippen LogP contribution in [0.2, 0.25) is 0 Å². The molecule has 1 rings (SSSR count). The molecular weight excluding hydrogens is 276 g/mol. The molecule has 0 aliphatic rings. The monoisotopic (exact) mass is 288 g/mol. The van der Waals surface area contributed by atoms with Crippen LogP contribution in [-0.4, -0.2) is 21.1 Å². The van der Waals surface area contributed by atoms with Gasteiger partial charge in [0.1, 0.15) is 0 Å². The number of hydrogen-bond donors (Lipinski definition) is 0. The van der Waals surface area contributed by atoms with Crippen molar-refractivity contribution in [2.75, 3.05) is 11.1 Å². The summed E-state index contributed by atoms with van der Waals surface area (Å²) >= 11 is 3.13. The van der Waals surface area contributed by atoms with E-state index in [0.717, 1.165) is 5.56 Å². The molecule has 0 aliphatic carbocycles. The summed E-state index contributed by atoms with van der Waals surface area (Å²) in [7, 11) is -1.08. The summed E-state index contributed by atoms with van der Waals surface area (Å²) in [6, 6.07) is 5.45. The molecule has 15 heavy (non-hydrogen) atoms. The van der Waals surface area contributed by atoms with Crippen LogP contribution in [-0.2, 0) is 10.8 Å². The van der Waals surface area contributed by atoms with Gasteiger partial charge >= 0.3 is 0 Å². The predicted octanol–water partition coefficient (Wildman–Crippen LogP) is 2.70. The van der Waals surface area contributed by atoms with Gasteiger partial charge in [0.2, 0.25) is 0 Å². The maximum atomic E-state index is 11.8. The predicted molar refractivity (Wildman–Crippen MR) is 66.3 cm³/mol. The fourth-order valence-electron chi connectivity index (χ4n) is 1.28. The fraction of sp³-hybridized carbons (Fsp3) is 0.364. The molecule has 2 nitrogen and oxygen atoms in total. The normalized spacial score (nSPS) is 12.5. The Morgan fingerprint density at radius 1 is 1.47 bits per heavy atom. The van der Waals surface area contributed by atoms with Gasteiger partial charge in [0.05, 0.1) is 16.1 Å². The Morgan fingerprint density at radius 3 is 2.67 bits per heavy atom. The van der Waals surface area contributed by atoms with Gasteiger partial charge in [-0.25, -0.2) is 0 Å². The topological polar surface area (TPSA) is 34.1 Å². The van der Waals surface area contributed by atoms with E-state index in [4.69, 9.17) is 0 Å². The molecule has 0 bridgehead atoms. The summed E-state index contributed by atoms with van der Waals surface area (Å²) < 4.78 is 11.8. The number of carbonyl (C=O) groups excluding carboxylic acids is 1. The van der Waals surface area contributed by atoms with Crippen molar-refractivity contribution in [3.63, 3.8) is 0 Å². The van der Waals surface area contributed by atoms with Crippen molar-refractivity contribution in [1.29, 1.82) is 0 Å². The minimum atomic E-state index is -1.08. The molecule has 0 N–H and O–H groups in total. The zero-order chi connectivity index (χ0) is 11.4. The van der Waals surface area contributed by atoms with E-state index in [1.807, 2.05) is 26.0 Å². The number of rotatable bonds is 4. The molecule has 0 saturated carbocycles. The van der Waals surface area contributed by atoms with Crippen LogP contribution in [0, 0.1) is 6.92 Å². The molecule has 0 fully saturated rings. The Labute approximate surface area is 101 Å². The van der Waals surface area contributed by atoms with E-state index < -0.39 is 10.8 Å². The van der Waals surface area contributed by atoms with E-state index in [2.05, 4.69) is 15.9 Å². The summed E-state index contributed by atoms with van der Waals surface area (Å²) in [5.41, 5.74) is 1.59. The van der Waals surface area contributed by atoms with E-state index in [1.54, 1.807) is 6.07 Å². The first-order valence-corrected chi connectivity index (χ1v) is 7.12. The maximum Gasteiger partial charge on any atom is 0.174 e. The lowest BCUT2D eigenvalue weighted by Gasteiger charge is -2.07. The third kappa shape index (κ3) is 2.98. The highest BCUT2D eigenvalue weighted by atomic mass is 79.9. The Balaban J connectivity index is 3.26. The van der Waals surface area contributed by atoms with Crippen LogP contribution >= 0.6 is 15.9 Å². The van der Waals surface area contributed by atoms with Crippen molar-refractivity contribution in [3.8, 4) is 0 Å². The molecule has 1 aromatic rings. The molecule has 0 radical (unpaired) electrons. The Morgan fingerprint density at radius 2 is 2.13 bits per heavy atom. The molecule has 0 amide bonds. The summed E-state index contributed by atoms with van der Waals surface area (Å²) in [4.78, 5) is 12.2. The van der Waals surface area contributed by atoms with Gasteiger partial charge in [-0.3, -0.25) is 9.00 Å². The van der Waals surface area contributed by atoms with Gasteiger partial charge < -0.3 is 0 Å². The van der Waals surface area contributed by atoms with Gasteiger partial charge in [0.15, 0.2) is 5.78 Å². The van der Waals surface area contributed by atoms with Gasteiger partial charge in [-0.15, -0.1) is 0 Å². The third-order valence-corrected chi connectivity index (χ3v) is 3.93. The van der Waals surface area contributed by atoms with Crippen LogP contribution in [0.5, 0.6) is 0 Å². The molecule has 4 heteroatoms. The number of hydrogen-bond acceptors (Lipinski definition) is 2. The van der Waals surface area contributed by atoms with E-state index in [-0.39, 0.29) is 11.1 Å². The molecule has 1 aromatic carbocycles. The molecule has 0 aromatic heterocycles. The minimum absolute atomic E-state index is 0.0215. The third-order valence-electron chi connectivity index (χ3n) is 2.07. The molecule has 82 valence electrons. The average Bonchev–Trinajstić information content (AvgIpc) is 2.26. The summed E-state index contributed by atoms with van der Waals surface area (Å²) in [6.45, 7) is 3.78. The first-order chi connectivity index (χ1) is 7.10. The second kappa shape index (κ2) is 5.56. The standard InChI is InChI=1S/C11H13BrO2S/c1-3-15(14)11-6-8(2)4-5-9(11)10(13)7-12/h4-6H,3,7H2,1-2H3. The first-order valence-electron chi connectivity index (χ1n) is 4.68. The Hall–Kier alpha value is -0.480. The van der Waals surface area contributed by atoms with Crippen LogP contribution < -0.4 is 0 Å². The smallest absolute Gasteiger partial charge is 0.174 e. The van der Waals surface area contributed by atoms with Crippen LogP contribution in [0.3, 0.4) is 0 Å². The number of carbonyl (C=O) groups is 1. The van der Waals surface area contributed by atoms with E-state index >= 15 is 0 Å². The van der Waals surface area contributed by atoms with Crippen LogP contribution in [0.15, 0.2) is 23.1 Å². The zero-order valence-electron chi connectivity index (χ0n) is 8.75. The molecule has 0 heterocycles. The van der Waals surface area contributed by atoms with Crippen molar-refractivity contribution < 1.29 is 9.00 Å². The lowest BCUT2D eigenvalue weighted by atomic mass is 10.1. The largest absolute Gasteiger partial charge is 0.293 e. The lowest BCUT2D eigenvalue weighted by Crippen LogP contribution is -2.07. The molecule has 1 unspecified atom stereocenters. The quantitative estimate of drug-likeness (QED) is 0.631. The zero-order valence-corrected chi connectivity index (χ0v) is 11.2. The fourth-order valence-corrected chi connectivity index (χ4v) is 2.63. The molecular formula is C11H13BrO2S. The van der Waals surface area contributed by atoms with Crippen molar-refractivity contribution in [2.45, 2.75) is 18.7 Å². The van der Waals surface area contributed by atoms with Gasteiger partial charge in [0.25, 0.3) is 0 Å². The number of aryl methyl sites for hydroxylation is 1. The van der Waals surface area contributed by atoms with Crippen molar-refractivity contribution in [3.05, 3.63) is 29.3 Å². The highest BCUT2D eigenvalue weighted by Crippen LogP contribution is 2.17. The molecule has 1 atom stereocenters. The van der Waals surface area contributed by atoms with Gasteiger partial charge in [-0.1, -0.05) is 28.9 Å². The molecule has 0 aliphatic heterocycles. The number of benzene rings is 1. The highest BCUT2D eigenvalue weighted by molar-refractivity contribution is 9.09. The van der Waals surface area contributed by atoms with Gasteiger partial charge in [-0.05, 0) is 24.6 Å². The highest BCUT2D eigenvalue weighted by Gasteiger charge is 2.13. The molecule has 0 spiro atoms. The SMILES string of the molecule is CCS(=O)c1cc(C)ccc1C(=O)CBr. The van der Waals surface area contributed by atoms with Crippen molar-refractivity contribution in [1.82, 2.24) is 0 Å².